The topological polar surface area (TPSA) is 131 Å². The van der Waals surface area contributed by atoms with Crippen LogP contribution in [0, 0.1) is 10.1 Å². The second-order valence-electron chi connectivity index (χ2n) is 4.74. The Balaban J connectivity index is 2.46. The molecule has 0 heterocycles. The summed E-state index contributed by atoms with van der Waals surface area (Å²) < 4.78 is 14.7. The van der Waals surface area contributed by atoms with Crippen LogP contribution in [0.15, 0.2) is 36.4 Å². The zero-order chi connectivity index (χ0) is 18.6. The molecule has 2 aromatic rings. The molecule has 9 nitrogen and oxygen atoms in total. The van der Waals surface area contributed by atoms with Crippen LogP contribution in [0.1, 0.15) is 20.7 Å². The molecule has 0 unspecified atom stereocenters. The third-order valence-corrected chi connectivity index (χ3v) is 3.25. The minimum Gasteiger partial charge on any atom is -0.465 e. The highest BCUT2D eigenvalue weighted by Crippen LogP contribution is 2.36. The Kier molecular flexibility index (Phi) is 5.18. The van der Waals surface area contributed by atoms with Gasteiger partial charge in [-0.1, -0.05) is 6.07 Å². The molecule has 0 amide bonds. The second kappa shape index (κ2) is 7.30. The highest BCUT2D eigenvalue weighted by Gasteiger charge is 2.27. The first-order valence-electron chi connectivity index (χ1n) is 6.90. The Morgan fingerprint density at radius 3 is 2.36 bits per heavy atom. The summed E-state index contributed by atoms with van der Waals surface area (Å²) in [4.78, 5) is 33.7. The van der Waals surface area contributed by atoms with Gasteiger partial charge in [0.05, 0.1) is 30.4 Å². The Bertz CT molecular complexity index is 848. The van der Waals surface area contributed by atoms with Crippen LogP contribution >= 0.6 is 0 Å². The number of nitro benzene ring substituents is 1. The second-order valence-corrected chi connectivity index (χ2v) is 4.74. The van der Waals surface area contributed by atoms with Gasteiger partial charge in [-0.15, -0.1) is 0 Å². The maximum absolute atomic E-state index is 11.8. The van der Waals surface area contributed by atoms with Gasteiger partial charge in [-0.25, -0.2) is 9.59 Å². The van der Waals surface area contributed by atoms with E-state index >= 15 is 0 Å². The molecule has 0 radical (unpaired) electrons. The number of benzene rings is 2. The molecule has 0 aliphatic carbocycles. The van der Waals surface area contributed by atoms with E-state index in [1.165, 1.54) is 25.3 Å². The molecule has 130 valence electrons. The molecule has 2 aromatic carbocycles. The Morgan fingerprint density at radius 1 is 1.08 bits per heavy atom. The number of rotatable bonds is 5. The van der Waals surface area contributed by atoms with Crippen LogP contribution in [0.4, 0.5) is 11.4 Å². The van der Waals surface area contributed by atoms with Gasteiger partial charge in [0.2, 0.25) is 0 Å². The van der Waals surface area contributed by atoms with Crippen LogP contribution in [0.25, 0.3) is 0 Å². The number of nitro groups is 1. The summed E-state index contributed by atoms with van der Waals surface area (Å²) in [6.07, 6.45) is 0. The van der Waals surface area contributed by atoms with Gasteiger partial charge in [0.1, 0.15) is 5.75 Å². The first-order valence-corrected chi connectivity index (χ1v) is 6.90. The zero-order valence-electron chi connectivity index (χ0n) is 13.3. The molecule has 9 heteroatoms. The standard InChI is InChI=1S/C16H14N2O7/c1-23-15(19)9-4-3-5-10(8-9)25-12-7-6-11(18(21)22)13(14(12)17)16(20)24-2/h3-8H,17H2,1-2H3. The Labute approximate surface area is 142 Å². The lowest BCUT2D eigenvalue weighted by Crippen LogP contribution is -2.10. The van der Waals surface area contributed by atoms with Gasteiger partial charge in [-0.05, 0) is 24.3 Å². The van der Waals surface area contributed by atoms with Gasteiger partial charge in [-0.3, -0.25) is 10.1 Å². The van der Waals surface area contributed by atoms with E-state index in [0.29, 0.717) is 0 Å². The summed E-state index contributed by atoms with van der Waals surface area (Å²) in [7, 11) is 2.33. The quantitative estimate of drug-likeness (QED) is 0.378. The molecule has 2 N–H and O–H groups in total. The normalized spacial score (nSPS) is 10.0. The number of esters is 2. The summed E-state index contributed by atoms with van der Waals surface area (Å²) in [6, 6.07) is 8.38. The monoisotopic (exact) mass is 346 g/mol. The molecule has 0 saturated carbocycles. The van der Waals surface area contributed by atoms with Crippen molar-refractivity contribution < 1.29 is 28.7 Å². The number of hydrogen-bond donors (Lipinski definition) is 1. The lowest BCUT2D eigenvalue weighted by molar-refractivity contribution is -0.385. The maximum atomic E-state index is 11.8. The fourth-order valence-electron chi connectivity index (χ4n) is 2.08. The average molecular weight is 346 g/mol. The van der Waals surface area contributed by atoms with Crippen LogP contribution in [0.5, 0.6) is 11.5 Å². The Hall–Kier alpha value is -3.62. The van der Waals surface area contributed by atoms with Crippen molar-refractivity contribution >= 4 is 23.3 Å². The van der Waals surface area contributed by atoms with Crippen molar-refractivity contribution in [1.82, 2.24) is 0 Å². The lowest BCUT2D eigenvalue weighted by atomic mass is 10.1. The third kappa shape index (κ3) is 3.66. The number of nitrogens with zero attached hydrogens (tertiary/aromatic N) is 1. The molecule has 0 aliphatic rings. The van der Waals surface area contributed by atoms with Crippen LogP contribution < -0.4 is 10.5 Å². The summed E-state index contributed by atoms with van der Waals surface area (Å²) in [5.74, 6) is -1.28. The molecule has 2 rings (SSSR count). The average Bonchev–Trinajstić information content (AvgIpc) is 2.61. The first kappa shape index (κ1) is 17.7. The molecular weight excluding hydrogens is 332 g/mol. The van der Waals surface area contributed by atoms with Crippen molar-refractivity contribution in [1.29, 1.82) is 0 Å². The molecule has 0 saturated heterocycles. The maximum Gasteiger partial charge on any atom is 0.347 e. The number of carbonyl (C=O) groups excluding carboxylic acids is 2. The van der Waals surface area contributed by atoms with E-state index in [4.69, 9.17) is 10.5 Å². The lowest BCUT2D eigenvalue weighted by Gasteiger charge is -2.12. The van der Waals surface area contributed by atoms with E-state index in [1.54, 1.807) is 12.1 Å². The fourth-order valence-corrected chi connectivity index (χ4v) is 2.08. The summed E-state index contributed by atoms with van der Waals surface area (Å²) in [6.45, 7) is 0. The minimum atomic E-state index is -0.960. The fraction of sp³-hybridized carbons (Fsp3) is 0.125. The van der Waals surface area contributed by atoms with Crippen molar-refractivity contribution in [3.8, 4) is 11.5 Å². The van der Waals surface area contributed by atoms with Gasteiger partial charge >= 0.3 is 11.9 Å². The van der Waals surface area contributed by atoms with Crippen molar-refractivity contribution in [2.45, 2.75) is 0 Å². The number of ether oxygens (including phenoxy) is 3. The largest absolute Gasteiger partial charge is 0.465 e. The number of hydrogen-bond acceptors (Lipinski definition) is 8. The van der Waals surface area contributed by atoms with E-state index in [2.05, 4.69) is 9.47 Å². The SMILES string of the molecule is COC(=O)c1cccc(Oc2ccc([N+](=O)[O-])c(C(=O)OC)c2N)c1. The van der Waals surface area contributed by atoms with E-state index in [9.17, 15) is 19.7 Å². The van der Waals surface area contributed by atoms with E-state index in [0.717, 1.165) is 13.2 Å². The Morgan fingerprint density at radius 2 is 1.76 bits per heavy atom. The van der Waals surface area contributed by atoms with Crippen LogP contribution in [-0.4, -0.2) is 31.1 Å². The zero-order valence-corrected chi connectivity index (χ0v) is 13.3. The van der Waals surface area contributed by atoms with Crippen molar-refractivity contribution in [2.24, 2.45) is 0 Å². The molecule has 0 aliphatic heterocycles. The summed E-state index contributed by atoms with van der Waals surface area (Å²) in [5, 5.41) is 11.1. The van der Waals surface area contributed by atoms with Gasteiger partial charge in [0, 0.05) is 6.07 Å². The van der Waals surface area contributed by atoms with Crippen LogP contribution in [-0.2, 0) is 9.47 Å². The number of nitrogens with two attached hydrogens (primary N) is 1. The smallest absolute Gasteiger partial charge is 0.347 e. The molecule has 0 bridgehead atoms. The van der Waals surface area contributed by atoms with Gasteiger partial charge in [0.25, 0.3) is 5.69 Å². The summed E-state index contributed by atoms with van der Waals surface area (Å²) >= 11 is 0. The number of nitrogen functional groups attached to an aromatic ring is 1. The molecular formula is C16H14N2O7. The molecule has 0 spiro atoms. The summed E-state index contributed by atoms with van der Waals surface area (Å²) in [5.41, 5.74) is 4.94. The van der Waals surface area contributed by atoms with Crippen LogP contribution in [0.2, 0.25) is 0 Å². The van der Waals surface area contributed by atoms with Crippen LogP contribution in [0.3, 0.4) is 0 Å². The predicted octanol–water partition coefficient (Wildman–Crippen LogP) is 2.54. The van der Waals surface area contributed by atoms with Gasteiger partial charge in [-0.2, -0.15) is 0 Å². The van der Waals surface area contributed by atoms with Crippen molar-refractivity contribution in [3.63, 3.8) is 0 Å². The molecule has 0 fully saturated rings. The third-order valence-electron chi connectivity index (χ3n) is 3.25. The number of carbonyl (C=O) groups is 2. The van der Waals surface area contributed by atoms with Crippen molar-refractivity contribution in [3.05, 3.63) is 57.6 Å². The highest BCUT2D eigenvalue weighted by atomic mass is 16.6. The highest BCUT2D eigenvalue weighted by molar-refractivity contribution is 6.01. The number of methoxy groups -OCH3 is 2. The van der Waals surface area contributed by atoms with Crippen molar-refractivity contribution in [2.75, 3.05) is 20.0 Å². The molecule has 0 aromatic heterocycles. The van der Waals surface area contributed by atoms with Gasteiger partial charge < -0.3 is 19.9 Å². The first-order chi connectivity index (χ1) is 11.9. The molecule has 0 atom stereocenters. The predicted molar refractivity (Wildman–Crippen MR) is 86.7 cm³/mol. The molecule has 25 heavy (non-hydrogen) atoms. The van der Waals surface area contributed by atoms with E-state index in [-0.39, 0.29) is 22.7 Å². The van der Waals surface area contributed by atoms with E-state index < -0.39 is 28.1 Å². The number of anilines is 1. The minimum absolute atomic E-state index is 0.00742. The van der Waals surface area contributed by atoms with E-state index in [1.807, 2.05) is 0 Å². The van der Waals surface area contributed by atoms with Gasteiger partial charge in [0.15, 0.2) is 11.3 Å².